The number of carbonyl (C=O) groups is 1. The Morgan fingerprint density at radius 3 is 2.95 bits per heavy atom. The topological polar surface area (TPSA) is 99.8 Å². The molecule has 0 saturated carbocycles. The van der Waals surface area contributed by atoms with Gasteiger partial charge in [-0.1, -0.05) is 0 Å². The number of amides is 1. The lowest BCUT2D eigenvalue weighted by Crippen LogP contribution is -2.10. The number of hydrogen-bond acceptors (Lipinski definition) is 4. The number of anilines is 1. The Morgan fingerprint density at radius 2 is 2.24 bits per heavy atom. The third kappa shape index (κ3) is 3.51. The lowest BCUT2D eigenvalue weighted by atomic mass is 10.1. The van der Waals surface area contributed by atoms with Crippen molar-refractivity contribution in [1.82, 2.24) is 14.8 Å². The molecule has 0 unspecified atom stereocenters. The van der Waals surface area contributed by atoms with Gasteiger partial charge in [0.25, 0.3) is 0 Å². The average Bonchev–Trinajstić information content (AvgIpc) is 2.85. The second-order valence-electron chi connectivity index (χ2n) is 4.80. The predicted molar refractivity (Wildman–Crippen MR) is 82.1 cm³/mol. The zero-order valence-electron chi connectivity index (χ0n) is 12.1. The van der Waals surface area contributed by atoms with Crippen LogP contribution in [0.3, 0.4) is 0 Å². The van der Waals surface area contributed by atoms with E-state index in [1.807, 2.05) is 11.6 Å². The molecule has 4 N–H and O–H groups in total. The summed E-state index contributed by atoms with van der Waals surface area (Å²) in [4.78, 5) is 15.2. The number of aryl methyl sites for hydroxylation is 2. The molecule has 0 aromatic carbocycles. The van der Waals surface area contributed by atoms with Gasteiger partial charge in [0.15, 0.2) is 5.65 Å². The van der Waals surface area contributed by atoms with Crippen LogP contribution in [0.15, 0.2) is 12.4 Å². The maximum Gasteiger partial charge on any atom is 0.217 e. The molecule has 0 spiro atoms. The number of fused-ring (bicyclic) bond motifs is 1. The number of nitrogen functional groups attached to an aromatic ring is 1. The molecular formula is C15H19N5O. The van der Waals surface area contributed by atoms with Gasteiger partial charge < -0.3 is 11.5 Å². The Hall–Kier alpha value is -2.55. The highest BCUT2D eigenvalue weighted by Gasteiger charge is 2.10. The molecule has 0 fully saturated rings. The van der Waals surface area contributed by atoms with E-state index in [-0.39, 0.29) is 5.91 Å². The fraction of sp³-hybridized carbons (Fsp3) is 0.400. The van der Waals surface area contributed by atoms with Crippen molar-refractivity contribution in [1.29, 1.82) is 0 Å². The largest absolute Gasteiger partial charge is 0.398 e. The van der Waals surface area contributed by atoms with Gasteiger partial charge >= 0.3 is 0 Å². The van der Waals surface area contributed by atoms with Crippen LogP contribution in [0.2, 0.25) is 0 Å². The molecule has 0 aliphatic carbocycles. The highest BCUT2D eigenvalue weighted by atomic mass is 16.1. The summed E-state index contributed by atoms with van der Waals surface area (Å²) in [6.45, 7) is 2.51. The first-order valence-electron chi connectivity index (χ1n) is 6.90. The zero-order chi connectivity index (χ0) is 15.2. The van der Waals surface area contributed by atoms with E-state index >= 15 is 0 Å². The van der Waals surface area contributed by atoms with Crippen LogP contribution in [-0.4, -0.2) is 20.7 Å². The smallest absolute Gasteiger partial charge is 0.217 e. The standard InChI is InChI=1S/C15H19N5O/c1-2-3-4-8-20-15-12(10-19-20)14(17)11(9-18-15)6-5-7-13(16)21/h9-10H,4-8H2,1H3,(H2,16,21)(H2,17,18). The minimum atomic E-state index is -0.299. The number of primary amides is 1. The van der Waals surface area contributed by atoms with Crippen LogP contribution in [0, 0.1) is 11.8 Å². The molecule has 0 saturated heterocycles. The first-order chi connectivity index (χ1) is 10.1. The molecule has 6 heteroatoms. The quantitative estimate of drug-likeness (QED) is 0.780. The molecule has 1 amide bonds. The van der Waals surface area contributed by atoms with Crippen LogP contribution in [-0.2, 0) is 17.8 Å². The number of rotatable bonds is 6. The normalized spacial score (nSPS) is 10.3. The Kier molecular flexibility index (Phi) is 4.77. The molecule has 0 bridgehead atoms. The second kappa shape index (κ2) is 6.75. The molecule has 2 aromatic rings. The van der Waals surface area contributed by atoms with Crippen molar-refractivity contribution in [3.63, 3.8) is 0 Å². The lowest BCUT2D eigenvalue weighted by molar-refractivity contribution is -0.118. The Balaban J connectivity index is 2.18. The van der Waals surface area contributed by atoms with Gasteiger partial charge in [0.2, 0.25) is 5.91 Å². The summed E-state index contributed by atoms with van der Waals surface area (Å²) in [7, 11) is 0. The van der Waals surface area contributed by atoms with Crippen LogP contribution in [0.25, 0.3) is 11.0 Å². The Morgan fingerprint density at radius 1 is 1.43 bits per heavy atom. The van der Waals surface area contributed by atoms with Gasteiger partial charge in [-0.25, -0.2) is 9.67 Å². The van der Waals surface area contributed by atoms with Crippen LogP contribution >= 0.6 is 0 Å². The minimum absolute atomic E-state index is 0.299. The summed E-state index contributed by atoms with van der Waals surface area (Å²) in [5.74, 6) is 5.56. The first kappa shape index (κ1) is 14.9. The molecule has 6 nitrogen and oxygen atoms in total. The molecule has 2 aromatic heterocycles. The maximum absolute atomic E-state index is 10.8. The van der Waals surface area contributed by atoms with Crippen molar-refractivity contribution in [3.8, 4) is 11.8 Å². The van der Waals surface area contributed by atoms with Gasteiger partial charge in [0, 0.05) is 24.7 Å². The molecule has 2 heterocycles. The van der Waals surface area contributed by atoms with Crippen molar-refractivity contribution in [2.45, 2.75) is 39.2 Å². The monoisotopic (exact) mass is 285 g/mol. The van der Waals surface area contributed by atoms with E-state index in [1.54, 1.807) is 12.4 Å². The summed E-state index contributed by atoms with van der Waals surface area (Å²) in [5, 5.41) is 5.15. The van der Waals surface area contributed by atoms with Crippen molar-refractivity contribution in [3.05, 3.63) is 18.0 Å². The zero-order valence-corrected chi connectivity index (χ0v) is 12.1. The average molecular weight is 285 g/mol. The van der Waals surface area contributed by atoms with Crippen LogP contribution in [0.5, 0.6) is 0 Å². The van der Waals surface area contributed by atoms with Crippen molar-refractivity contribution in [2.75, 3.05) is 5.73 Å². The number of hydrogen-bond donors (Lipinski definition) is 2. The van der Waals surface area contributed by atoms with Crippen LogP contribution < -0.4 is 11.5 Å². The first-order valence-corrected chi connectivity index (χ1v) is 6.90. The SMILES string of the molecule is CC#CCCn1ncc2c(N)c(CCCC(N)=O)cnc21. The second-order valence-corrected chi connectivity index (χ2v) is 4.80. The maximum atomic E-state index is 10.8. The molecule has 21 heavy (non-hydrogen) atoms. The summed E-state index contributed by atoms with van der Waals surface area (Å²) in [5.41, 5.74) is 13.7. The summed E-state index contributed by atoms with van der Waals surface area (Å²) >= 11 is 0. The number of aromatic nitrogens is 3. The summed E-state index contributed by atoms with van der Waals surface area (Å²) < 4.78 is 1.81. The van der Waals surface area contributed by atoms with Gasteiger partial charge in [0.1, 0.15) is 0 Å². The van der Waals surface area contributed by atoms with Crippen molar-refractivity contribution < 1.29 is 4.79 Å². The van der Waals surface area contributed by atoms with Crippen LogP contribution in [0.4, 0.5) is 5.69 Å². The van der Waals surface area contributed by atoms with E-state index in [4.69, 9.17) is 11.5 Å². The van der Waals surface area contributed by atoms with E-state index in [2.05, 4.69) is 21.9 Å². The Labute approximate surface area is 123 Å². The van der Waals surface area contributed by atoms with E-state index in [1.165, 1.54) is 0 Å². The van der Waals surface area contributed by atoms with Crippen LogP contribution in [0.1, 0.15) is 31.7 Å². The van der Waals surface area contributed by atoms with Crippen molar-refractivity contribution >= 4 is 22.6 Å². The summed E-state index contributed by atoms with van der Waals surface area (Å²) in [6.07, 6.45) is 5.93. The lowest BCUT2D eigenvalue weighted by Gasteiger charge is -2.06. The van der Waals surface area contributed by atoms with E-state index in [0.29, 0.717) is 31.5 Å². The third-order valence-corrected chi connectivity index (χ3v) is 3.29. The number of pyridine rings is 1. The van der Waals surface area contributed by atoms with Gasteiger partial charge in [0.05, 0.1) is 18.1 Å². The molecule has 2 rings (SSSR count). The van der Waals surface area contributed by atoms with E-state index in [9.17, 15) is 4.79 Å². The summed E-state index contributed by atoms with van der Waals surface area (Å²) in [6, 6.07) is 0. The van der Waals surface area contributed by atoms with Gasteiger partial charge in [-0.05, 0) is 25.3 Å². The highest BCUT2D eigenvalue weighted by Crippen LogP contribution is 2.24. The molecule has 110 valence electrons. The molecule has 0 aliphatic heterocycles. The van der Waals surface area contributed by atoms with Crippen molar-refractivity contribution in [2.24, 2.45) is 5.73 Å². The van der Waals surface area contributed by atoms with E-state index in [0.717, 1.165) is 23.0 Å². The number of nitrogens with two attached hydrogens (primary N) is 2. The number of nitrogens with zero attached hydrogens (tertiary/aromatic N) is 3. The predicted octanol–water partition coefficient (Wildman–Crippen LogP) is 1.23. The fourth-order valence-electron chi connectivity index (χ4n) is 2.19. The molecular weight excluding hydrogens is 266 g/mol. The fourth-order valence-corrected chi connectivity index (χ4v) is 2.19. The number of carbonyl (C=O) groups excluding carboxylic acids is 1. The third-order valence-electron chi connectivity index (χ3n) is 3.29. The minimum Gasteiger partial charge on any atom is -0.398 e. The Bertz CT molecular complexity index is 708. The molecule has 0 radical (unpaired) electrons. The molecule has 0 atom stereocenters. The van der Waals surface area contributed by atoms with Gasteiger partial charge in [-0.2, -0.15) is 5.10 Å². The molecule has 0 aliphatic rings. The van der Waals surface area contributed by atoms with Gasteiger partial charge in [-0.15, -0.1) is 11.8 Å². The van der Waals surface area contributed by atoms with Gasteiger partial charge in [-0.3, -0.25) is 4.79 Å². The highest BCUT2D eigenvalue weighted by molar-refractivity contribution is 5.89. The van der Waals surface area contributed by atoms with E-state index < -0.39 is 0 Å².